The highest BCUT2D eigenvalue weighted by atomic mass is 35.5. The van der Waals surface area contributed by atoms with Gasteiger partial charge < -0.3 is 14.8 Å². The summed E-state index contributed by atoms with van der Waals surface area (Å²) < 4.78 is 13.4. The molecule has 1 N–H and O–H groups in total. The molecule has 3 aromatic rings. The van der Waals surface area contributed by atoms with Gasteiger partial charge in [-0.15, -0.1) is 5.10 Å². The molecule has 0 unspecified atom stereocenters. The molecule has 1 aromatic heterocycles. The third-order valence-corrected chi connectivity index (χ3v) is 6.21. The van der Waals surface area contributed by atoms with Crippen molar-refractivity contribution in [1.82, 2.24) is 9.78 Å². The van der Waals surface area contributed by atoms with Crippen molar-refractivity contribution < 1.29 is 14.3 Å². The Balaban J connectivity index is 1.63. The zero-order chi connectivity index (χ0) is 20.1. The highest BCUT2D eigenvalue weighted by Crippen LogP contribution is 2.30. The summed E-state index contributed by atoms with van der Waals surface area (Å²) in [5.41, 5.74) is 1.45. The Morgan fingerprint density at radius 2 is 1.93 bits per heavy atom. The minimum absolute atomic E-state index is 0.156. The van der Waals surface area contributed by atoms with Gasteiger partial charge in [-0.2, -0.15) is 0 Å². The SMILES string of the molecule is COc1ccc(NC(=O)CSc2nn(-c3ccc(Cl)cc3)c(=S)s2)cc1OC. The minimum atomic E-state index is -0.156. The molecule has 28 heavy (non-hydrogen) atoms. The van der Waals surface area contributed by atoms with Crippen molar-refractivity contribution in [3.05, 3.63) is 51.4 Å². The molecule has 0 spiro atoms. The van der Waals surface area contributed by atoms with Crippen molar-refractivity contribution in [3.8, 4) is 17.2 Å². The van der Waals surface area contributed by atoms with Crippen LogP contribution in [0, 0.1) is 3.95 Å². The van der Waals surface area contributed by atoms with Crippen LogP contribution in [0.5, 0.6) is 11.5 Å². The lowest BCUT2D eigenvalue weighted by molar-refractivity contribution is -0.113. The first-order chi connectivity index (χ1) is 13.5. The molecular formula is C18H16ClN3O3S3. The number of carbonyl (C=O) groups excluding carboxylic acids is 1. The molecule has 0 aliphatic heterocycles. The fourth-order valence-corrected chi connectivity index (χ4v) is 4.59. The number of benzene rings is 2. The van der Waals surface area contributed by atoms with Gasteiger partial charge in [0.05, 0.1) is 25.7 Å². The van der Waals surface area contributed by atoms with Gasteiger partial charge in [-0.1, -0.05) is 34.7 Å². The fourth-order valence-electron chi connectivity index (χ4n) is 2.30. The molecule has 0 bridgehead atoms. The normalized spacial score (nSPS) is 10.5. The second-order valence-corrected chi connectivity index (χ2v) is 8.71. The van der Waals surface area contributed by atoms with Crippen LogP contribution in [0.1, 0.15) is 0 Å². The Bertz CT molecular complexity index is 1030. The highest BCUT2D eigenvalue weighted by molar-refractivity contribution is 8.01. The molecule has 3 rings (SSSR count). The summed E-state index contributed by atoms with van der Waals surface area (Å²) >= 11 is 14.0. The van der Waals surface area contributed by atoms with Crippen molar-refractivity contribution in [3.63, 3.8) is 0 Å². The van der Waals surface area contributed by atoms with Gasteiger partial charge in [0, 0.05) is 16.8 Å². The number of nitrogens with one attached hydrogen (secondary N) is 1. The molecule has 146 valence electrons. The molecule has 0 saturated heterocycles. The molecule has 6 nitrogen and oxygen atoms in total. The Hall–Kier alpha value is -2.07. The zero-order valence-corrected chi connectivity index (χ0v) is 18.2. The Labute approximate surface area is 180 Å². The maximum Gasteiger partial charge on any atom is 0.234 e. The molecule has 0 fully saturated rings. The van der Waals surface area contributed by atoms with Crippen LogP contribution in [0.2, 0.25) is 5.02 Å². The third kappa shape index (κ3) is 5.05. The summed E-state index contributed by atoms with van der Waals surface area (Å²) in [5, 5.41) is 7.95. The molecular weight excluding hydrogens is 438 g/mol. The van der Waals surface area contributed by atoms with E-state index in [-0.39, 0.29) is 11.7 Å². The number of thioether (sulfide) groups is 1. The van der Waals surface area contributed by atoms with Crippen LogP contribution in [0.15, 0.2) is 46.8 Å². The highest BCUT2D eigenvalue weighted by Gasteiger charge is 2.11. The molecule has 10 heteroatoms. The van der Waals surface area contributed by atoms with E-state index in [1.165, 1.54) is 23.1 Å². The molecule has 0 radical (unpaired) electrons. The number of hydrogen-bond acceptors (Lipinski definition) is 7. The zero-order valence-electron chi connectivity index (χ0n) is 15.0. The van der Waals surface area contributed by atoms with E-state index in [4.69, 9.17) is 33.3 Å². The maximum absolute atomic E-state index is 12.3. The van der Waals surface area contributed by atoms with Crippen molar-refractivity contribution in [1.29, 1.82) is 0 Å². The predicted molar refractivity (Wildman–Crippen MR) is 116 cm³/mol. The number of anilines is 1. The van der Waals surface area contributed by atoms with Crippen LogP contribution in [0.25, 0.3) is 5.69 Å². The van der Waals surface area contributed by atoms with Gasteiger partial charge in [0.15, 0.2) is 19.8 Å². The minimum Gasteiger partial charge on any atom is -0.493 e. The molecule has 2 aromatic carbocycles. The molecule has 0 saturated carbocycles. The van der Waals surface area contributed by atoms with E-state index in [9.17, 15) is 4.79 Å². The lowest BCUT2D eigenvalue weighted by Gasteiger charge is -2.10. The molecule has 1 heterocycles. The number of rotatable bonds is 7. The van der Waals surface area contributed by atoms with Gasteiger partial charge in [-0.3, -0.25) is 4.79 Å². The van der Waals surface area contributed by atoms with E-state index >= 15 is 0 Å². The molecule has 0 aliphatic rings. The average Bonchev–Trinajstić information content (AvgIpc) is 3.07. The smallest absolute Gasteiger partial charge is 0.234 e. The van der Waals surface area contributed by atoms with E-state index < -0.39 is 0 Å². The number of halogens is 1. The monoisotopic (exact) mass is 453 g/mol. The van der Waals surface area contributed by atoms with Gasteiger partial charge in [-0.05, 0) is 48.6 Å². The average molecular weight is 454 g/mol. The van der Waals surface area contributed by atoms with Gasteiger partial charge in [0.2, 0.25) is 5.91 Å². The number of nitrogens with zero attached hydrogens (tertiary/aromatic N) is 2. The molecule has 0 atom stereocenters. The summed E-state index contributed by atoms with van der Waals surface area (Å²) in [7, 11) is 3.11. The van der Waals surface area contributed by atoms with Crippen molar-refractivity contribution in [2.24, 2.45) is 0 Å². The number of methoxy groups -OCH3 is 2. The van der Waals surface area contributed by atoms with Crippen LogP contribution in [-0.2, 0) is 4.79 Å². The number of aromatic nitrogens is 2. The Kier molecular flexibility index (Phi) is 6.95. The Morgan fingerprint density at radius 3 is 2.61 bits per heavy atom. The fraction of sp³-hybridized carbons (Fsp3) is 0.167. The molecule has 1 amide bonds. The second-order valence-electron chi connectivity index (χ2n) is 5.43. The van der Waals surface area contributed by atoms with Crippen molar-refractivity contribution in [2.75, 3.05) is 25.3 Å². The first kappa shape index (κ1) is 20.7. The number of ether oxygens (including phenoxy) is 2. The van der Waals surface area contributed by atoms with E-state index in [2.05, 4.69) is 10.4 Å². The van der Waals surface area contributed by atoms with Crippen LogP contribution in [0.4, 0.5) is 5.69 Å². The van der Waals surface area contributed by atoms with Gasteiger partial charge in [0.25, 0.3) is 0 Å². The van der Waals surface area contributed by atoms with Crippen LogP contribution < -0.4 is 14.8 Å². The van der Waals surface area contributed by atoms with Gasteiger partial charge >= 0.3 is 0 Å². The van der Waals surface area contributed by atoms with E-state index in [1.807, 2.05) is 12.1 Å². The number of hydrogen-bond donors (Lipinski definition) is 1. The van der Waals surface area contributed by atoms with Crippen molar-refractivity contribution >= 4 is 58.5 Å². The standard InChI is InChI=1S/C18H16ClN3O3S3/c1-24-14-8-5-12(9-15(14)25-2)20-16(23)10-27-17-21-22(18(26)28-17)13-6-3-11(19)4-7-13/h3-9H,10H2,1-2H3,(H,20,23). The first-order valence-electron chi connectivity index (χ1n) is 8.01. The lowest BCUT2D eigenvalue weighted by atomic mass is 10.2. The molecule has 0 aliphatic carbocycles. The van der Waals surface area contributed by atoms with E-state index in [1.54, 1.807) is 49.2 Å². The first-order valence-corrected chi connectivity index (χ1v) is 10.6. The van der Waals surface area contributed by atoms with Crippen LogP contribution in [-0.4, -0.2) is 35.7 Å². The second kappa shape index (κ2) is 9.42. The van der Waals surface area contributed by atoms with Crippen LogP contribution in [0.3, 0.4) is 0 Å². The third-order valence-electron chi connectivity index (χ3n) is 3.59. The quantitative estimate of drug-likeness (QED) is 0.398. The van der Waals surface area contributed by atoms with E-state index in [0.717, 1.165) is 5.69 Å². The predicted octanol–water partition coefficient (Wildman–Crippen LogP) is 5.06. The largest absolute Gasteiger partial charge is 0.493 e. The maximum atomic E-state index is 12.3. The van der Waals surface area contributed by atoms with Gasteiger partial charge in [-0.25, -0.2) is 4.68 Å². The summed E-state index contributed by atoms with van der Waals surface area (Å²) in [6, 6.07) is 12.4. The number of amides is 1. The topological polar surface area (TPSA) is 65.4 Å². The van der Waals surface area contributed by atoms with Crippen LogP contribution >= 0.6 is 46.9 Å². The summed E-state index contributed by atoms with van der Waals surface area (Å²) in [4.78, 5) is 12.3. The summed E-state index contributed by atoms with van der Waals surface area (Å²) in [6.45, 7) is 0. The van der Waals surface area contributed by atoms with Crippen molar-refractivity contribution in [2.45, 2.75) is 4.34 Å². The summed E-state index contributed by atoms with van der Waals surface area (Å²) in [6.07, 6.45) is 0. The van der Waals surface area contributed by atoms with E-state index in [0.29, 0.717) is 30.5 Å². The van der Waals surface area contributed by atoms with Gasteiger partial charge in [0.1, 0.15) is 0 Å². The Morgan fingerprint density at radius 1 is 1.21 bits per heavy atom. The summed E-state index contributed by atoms with van der Waals surface area (Å²) in [5.74, 6) is 1.20. The number of carbonyl (C=O) groups is 1. The lowest BCUT2D eigenvalue weighted by Crippen LogP contribution is -2.14.